The number of allylic oxidation sites excluding steroid dienone is 4. The Morgan fingerprint density at radius 2 is 2.29 bits per heavy atom. The number of nitrogens with one attached hydrogen (secondary N) is 1. The second-order valence-corrected chi connectivity index (χ2v) is 7.89. The summed E-state index contributed by atoms with van der Waals surface area (Å²) in [5.74, 6) is -1.76. The molecule has 162 valence electrons. The molecule has 0 radical (unpaired) electrons. The minimum absolute atomic E-state index is 0.0446. The number of carbonyl (C=O) groups is 1. The fourth-order valence-corrected chi connectivity index (χ4v) is 3.74. The van der Waals surface area contributed by atoms with Gasteiger partial charge >= 0.3 is 0 Å². The van der Waals surface area contributed by atoms with Crippen LogP contribution in [0.4, 0.5) is 4.39 Å². The Morgan fingerprint density at radius 3 is 3.00 bits per heavy atom. The molecule has 2 unspecified atom stereocenters. The van der Waals surface area contributed by atoms with Gasteiger partial charge in [0.25, 0.3) is 5.91 Å². The number of aromatic amines is 1. The number of nitrogens with zero attached hydrogens (tertiary/aromatic N) is 7. The highest BCUT2D eigenvalue weighted by atomic mass is 31.0. The molecule has 2 aromatic rings. The monoisotopic (exact) mass is 442 g/mol. The number of amides is 1. The molecule has 2 aliphatic rings. The van der Waals surface area contributed by atoms with Crippen molar-refractivity contribution < 1.29 is 9.18 Å². The predicted octanol–water partition coefficient (Wildman–Crippen LogP) is 2.79. The predicted molar refractivity (Wildman–Crippen MR) is 118 cm³/mol. The van der Waals surface area contributed by atoms with Gasteiger partial charge in [-0.1, -0.05) is 15.3 Å². The molecule has 0 fully saturated rings. The van der Waals surface area contributed by atoms with Crippen molar-refractivity contribution in [2.75, 3.05) is 6.54 Å². The first kappa shape index (κ1) is 21.1. The summed E-state index contributed by atoms with van der Waals surface area (Å²) in [5.41, 5.74) is 3.75. The summed E-state index contributed by atoms with van der Waals surface area (Å²) >= 11 is 0. The lowest BCUT2D eigenvalue weighted by Gasteiger charge is -2.32. The zero-order valence-corrected chi connectivity index (χ0v) is 18.7. The largest absolute Gasteiger partial charge is 0.348 e. The molecule has 4 heterocycles. The van der Waals surface area contributed by atoms with Crippen molar-refractivity contribution in [2.24, 2.45) is 12.1 Å². The molecule has 2 aromatic heterocycles. The third-order valence-corrected chi connectivity index (χ3v) is 5.49. The number of fused-ring (bicyclic) bond motifs is 1. The van der Waals surface area contributed by atoms with Crippen LogP contribution < -0.4 is 0 Å². The second kappa shape index (κ2) is 8.55. The quantitative estimate of drug-likeness (QED) is 0.580. The van der Waals surface area contributed by atoms with Crippen LogP contribution in [0.2, 0.25) is 0 Å². The van der Waals surface area contributed by atoms with E-state index in [1.165, 1.54) is 4.68 Å². The molecule has 9 nitrogen and oxygen atoms in total. The van der Waals surface area contributed by atoms with E-state index in [1.807, 2.05) is 47.5 Å². The molecule has 0 aliphatic carbocycles. The van der Waals surface area contributed by atoms with Gasteiger partial charge in [0.2, 0.25) is 5.82 Å². The maximum atomic E-state index is 13.6. The summed E-state index contributed by atoms with van der Waals surface area (Å²) in [4.78, 5) is 26.6. The first-order valence-corrected chi connectivity index (χ1v) is 10.6. The molecule has 0 bridgehead atoms. The fourth-order valence-electron chi connectivity index (χ4n) is 3.60. The van der Waals surface area contributed by atoms with E-state index in [4.69, 9.17) is 0 Å². The van der Waals surface area contributed by atoms with Crippen LogP contribution in [-0.2, 0) is 13.5 Å². The molecule has 2 aliphatic heterocycles. The highest BCUT2D eigenvalue weighted by Gasteiger charge is 2.35. The number of aryl methyl sites for hydroxylation is 1. The van der Waals surface area contributed by atoms with E-state index in [9.17, 15) is 9.18 Å². The molecule has 0 saturated carbocycles. The molecule has 4 rings (SSSR count). The normalized spacial score (nSPS) is 21.0. The van der Waals surface area contributed by atoms with Gasteiger partial charge in [0.1, 0.15) is 6.04 Å². The van der Waals surface area contributed by atoms with Crippen molar-refractivity contribution in [3.05, 3.63) is 65.1 Å². The summed E-state index contributed by atoms with van der Waals surface area (Å²) in [5, 5.41) is 10.4. The number of imidazole rings is 1. The Morgan fingerprint density at radius 1 is 1.48 bits per heavy atom. The first-order valence-electron chi connectivity index (χ1n) is 9.89. The van der Waals surface area contributed by atoms with E-state index in [1.54, 1.807) is 29.5 Å². The Balaban J connectivity index is 1.66. The van der Waals surface area contributed by atoms with E-state index < -0.39 is 12.0 Å². The molecule has 1 N–H and O–H groups in total. The maximum Gasteiger partial charge on any atom is 0.292 e. The van der Waals surface area contributed by atoms with E-state index in [0.29, 0.717) is 13.0 Å². The molecule has 0 saturated heterocycles. The van der Waals surface area contributed by atoms with Crippen molar-refractivity contribution in [2.45, 2.75) is 32.2 Å². The van der Waals surface area contributed by atoms with Crippen LogP contribution in [0.25, 0.3) is 0 Å². The van der Waals surface area contributed by atoms with Crippen LogP contribution in [-0.4, -0.2) is 53.3 Å². The molecule has 0 spiro atoms. The summed E-state index contributed by atoms with van der Waals surface area (Å²) in [6, 6.07) is -0.502. The minimum Gasteiger partial charge on any atom is -0.348 e. The maximum absolute atomic E-state index is 13.6. The lowest BCUT2D eigenvalue weighted by molar-refractivity contribution is 0.0695. The van der Waals surface area contributed by atoms with Gasteiger partial charge in [0.15, 0.2) is 11.7 Å². The number of H-pyrrole nitrogens is 1. The van der Waals surface area contributed by atoms with Crippen LogP contribution in [0.15, 0.2) is 47.1 Å². The van der Waals surface area contributed by atoms with Crippen LogP contribution in [0.1, 0.15) is 53.6 Å². The number of carbonyl (C=O) groups excluding carboxylic acids is 1. The zero-order valence-electron chi connectivity index (χ0n) is 17.5. The number of rotatable bonds is 4. The standard InChI is InChI=1S/C20H24FN8OP/c1-4-13-9-12(2)5-8-29(13)24-10-15-16-14(22-11-23-16)6-7-28(15)20(30)19-25-18(17(21)31)26-27(19)3/h4-5,8-11,15,17H,6-7,31H2,1-3H3,(H,22,23)/b13-4-,24-10+/t15-,17?/m0/s1. The molecular formula is C20H24FN8OP. The van der Waals surface area contributed by atoms with E-state index in [0.717, 1.165) is 22.7 Å². The summed E-state index contributed by atoms with van der Waals surface area (Å²) in [6.07, 6.45) is 11.8. The zero-order chi connectivity index (χ0) is 22.1. The third-order valence-electron chi connectivity index (χ3n) is 5.20. The van der Waals surface area contributed by atoms with Gasteiger partial charge in [0.05, 0.1) is 23.9 Å². The molecule has 11 heteroatoms. The molecule has 0 aromatic carbocycles. The summed E-state index contributed by atoms with van der Waals surface area (Å²) in [7, 11) is 3.57. The van der Waals surface area contributed by atoms with Crippen molar-refractivity contribution in [3.8, 4) is 0 Å². The van der Waals surface area contributed by atoms with Crippen LogP contribution in [0.3, 0.4) is 0 Å². The first-order chi connectivity index (χ1) is 14.9. The van der Waals surface area contributed by atoms with Crippen molar-refractivity contribution in [3.63, 3.8) is 0 Å². The van der Waals surface area contributed by atoms with Crippen LogP contribution in [0, 0.1) is 0 Å². The van der Waals surface area contributed by atoms with Crippen molar-refractivity contribution >= 4 is 21.4 Å². The number of halogens is 1. The van der Waals surface area contributed by atoms with Crippen molar-refractivity contribution in [1.29, 1.82) is 0 Å². The lowest BCUT2D eigenvalue weighted by Crippen LogP contribution is -2.42. The van der Waals surface area contributed by atoms with Gasteiger partial charge in [-0.3, -0.25) is 4.79 Å². The smallest absolute Gasteiger partial charge is 0.292 e. The summed E-state index contributed by atoms with van der Waals surface area (Å²) < 4.78 is 14.9. The van der Waals surface area contributed by atoms with E-state index in [2.05, 4.69) is 25.2 Å². The molecule has 1 amide bonds. The molecule has 31 heavy (non-hydrogen) atoms. The minimum atomic E-state index is -1.44. The Bertz CT molecular complexity index is 1110. The van der Waals surface area contributed by atoms with E-state index in [-0.39, 0.29) is 17.6 Å². The molecular weight excluding hydrogens is 418 g/mol. The van der Waals surface area contributed by atoms with Gasteiger partial charge in [-0.15, -0.1) is 0 Å². The Kier molecular flexibility index (Phi) is 5.82. The third kappa shape index (κ3) is 4.07. The molecule has 3 atom stereocenters. The number of aromatic nitrogens is 5. The number of hydrazone groups is 1. The van der Waals surface area contributed by atoms with E-state index >= 15 is 0 Å². The van der Waals surface area contributed by atoms with Gasteiger partial charge < -0.3 is 9.88 Å². The van der Waals surface area contributed by atoms with Gasteiger partial charge in [-0.25, -0.2) is 24.0 Å². The van der Waals surface area contributed by atoms with Gasteiger partial charge in [-0.05, 0) is 31.6 Å². The Hall–Kier alpha value is -3.13. The average Bonchev–Trinajstić information content (AvgIpc) is 3.38. The number of alkyl halides is 1. The average molecular weight is 442 g/mol. The Labute approximate surface area is 181 Å². The number of hydrogen-bond acceptors (Lipinski definition) is 6. The van der Waals surface area contributed by atoms with Crippen molar-refractivity contribution in [1.82, 2.24) is 34.6 Å². The second-order valence-electron chi connectivity index (χ2n) is 7.31. The lowest BCUT2D eigenvalue weighted by atomic mass is 10.0. The summed E-state index contributed by atoms with van der Waals surface area (Å²) in [6.45, 7) is 4.40. The van der Waals surface area contributed by atoms with Gasteiger partial charge in [-0.2, -0.15) is 10.2 Å². The van der Waals surface area contributed by atoms with Gasteiger partial charge in [0, 0.05) is 31.9 Å². The topological polar surface area (TPSA) is 95.3 Å². The number of hydrogen-bond donors (Lipinski definition) is 1. The SMILES string of the molecule is C/C=C1/C=C(C)C=CN1/N=C/[C@H]1c2nc[nH]c2CCN1C(=O)c1nc(C(F)P)nn1C. The fraction of sp³-hybridized carbons (Fsp3) is 0.350. The van der Waals surface area contributed by atoms with Crippen LogP contribution in [0.5, 0.6) is 0 Å². The highest BCUT2D eigenvalue weighted by Crippen LogP contribution is 2.29. The highest BCUT2D eigenvalue weighted by molar-refractivity contribution is 7.16. The van der Waals surface area contributed by atoms with Crippen LogP contribution >= 0.6 is 9.24 Å².